The van der Waals surface area contributed by atoms with E-state index in [9.17, 15) is 0 Å². The first-order valence-electron chi connectivity index (χ1n) is 5.24. The molecule has 0 saturated carbocycles. The summed E-state index contributed by atoms with van der Waals surface area (Å²) >= 11 is 2.12. The molecule has 0 N–H and O–H groups in total. The Labute approximate surface area is 119 Å². The Bertz CT molecular complexity index is 363. The molecule has 0 fully saturated rings. The Morgan fingerprint density at radius 3 is 2.82 bits per heavy atom. The molecule has 17 heavy (non-hydrogen) atoms. The standard InChI is InChI=1S/C10H10INO2S.C2H6/c1-13-6-7-14-10-3-2-5-12-9(10)4-8-15-11;1-2/h2-3,5H,6-7H2,1H3;1-2H3. The highest BCUT2D eigenvalue weighted by Gasteiger charge is 2.00. The van der Waals surface area contributed by atoms with Crippen LogP contribution in [0, 0.1) is 11.2 Å². The van der Waals surface area contributed by atoms with Crippen molar-refractivity contribution in [2.24, 2.45) is 0 Å². The van der Waals surface area contributed by atoms with Crippen molar-refractivity contribution < 1.29 is 9.47 Å². The highest BCUT2D eigenvalue weighted by Crippen LogP contribution is 2.15. The highest BCUT2D eigenvalue weighted by molar-refractivity contribution is 14.2. The Balaban J connectivity index is 0.00000121. The average Bonchev–Trinajstić information content (AvgIpc) is 2.40. The predicted octanol–water partition coefficient (Wildman–Crippen LogP) is 3.53. The van der Waals surface area contributed by atoms with Crippen LogP contribution >= 0.6 is 30.1 Å². The van der Waals surface area contributed by atoms with Crippen molar-refractivity contribution in [1.82, 2.24) is 4.98 Å². The van der Waals surface area contributed by atoms with Gasteiger partial charge in [-0.25, -0.2) is 4.98 Å². The summed E-state index contributed by atoms with van der Waals surface area (Å²) in [6.45, 7) is 5.07. The second-order valence-corrected chi connectivity index (χ2v) is 4.18. The van der Waals surface area contributed by atoms with E-state index in [1.807, 2.05) is 26.0 Å². The summed E-state index contributed by atoms with van der Waals surface area (Å²) in [7, 11) is 3.06. The predicted molar refractivity (Wildman–Crippen MR) is 81.4 cm³/mol. The van der Waals surface area contributed by atoms with Gasteiger partial charge >= 0.3 is 0 Å². The lowest BCUT2D eigenvalue weighted by atomic mass is 10.3. The van der Waals surface area contributed by atoms with Gasteiger partial charge < -0.3 is 9.47 Å². The first-order chi connectivity index (χ1) is 8.38. The van der Waals surface area contributed by atoms with E-state index >= 15 is 0 Å². The van der Waals surface area contributed by atoms with Crippen molar-refractivity contribution in [3.05, 3.63) is 24.0 Å². The fourth-order valence-corrected chi connectivity index (χ4v) is 1.37. The van der Waals surface area contributed by atoms with Gasteiger partial charge in [-0.05, 0) is 32.2 Å². The van der Waals surface area contributed by atoms with E-state index in [4.69, 9.17) is 9.47 Å². The van der Waals surface area contributed by atoms with Crippen LogP contribution in [0.5, 0.6) is 5.75 Å². The number of rotatable bonds is 4. The van der Waals surface area contributed by atoms with Crippen LogP contribution in [0.15, 0.2) is 18.3 Å². The second-order valence-electron chi connectivity index (χ2n) is 2.50. The summed E-state index contributed by atoms with van der Waals surface area (Å²) in [5, 5.41) is 2.87. The maximum absolute atomic E-state index is 5.47. The Kier molecular flexibility index (Phi) is 11.7. The molecule has 0 saturated heterocycles. The number of hydrogen-bond acceptors (Lipinski definition) is 4. The van der Waals surface area contributed by atoms with Crippen LogP contribution in [0.4, 0.5) is 0 Å². The number of halogens is 1. The average molecular weight is 365 g/mol. The molecule has 0 aliphatic heterocycles. The van der Waals surface area contributed by atoms with Gasteiger partial charge in [0.2, 0.25) is 0 Å². The molecule has 0 bridgehead atoms. The van der Waals surface area contributed by atoms with E-state index in [1.54, 1.807) is 13.3 Å². The summed E-state index contributed by atoms with van der Waals surface area (Å²) < 4.78 is 10.4. The molecule has 0 atom stereocenters. The SMILES string of the molecule is CC.COCCOc1cccnc1C#CSI. The van der Waals surface area contributed by atoms with Crippen molar-refractivity contribution in [2.75, 3.05) is 20.3 Å². The molecule has 0 aromatic carbocycles. The lowest BCUT2D eigenvalue weighted by Crippen LogP contribution is -2.05. The highest BCUT2D eigenvalue weighted by atomic mass is 127. The topological polar surface area (TPSA) is 31.4 Å². The molecule has 0 aliphatic carbocycles. The van der Waals surface area contributed by atoms with Gasteiger partial charge in [0, 0.05) is 34.5 Å². The summed E-state index contributed by atoms with van der Waals surface area (Å²) in [5.41, 5.74) is 0.665. The molecule has 1 aromatic rings. The van der Waals surface area contributed by atoms with Gasteiger partial charge in [0.15, 0.2) is 11.4 Å². The molecule has 0 amide bonds. The Morgan fingerprint density at radius 1 is 1.41 bits per heavy atom. The monoisotopic (exact) mass is 365 g/mol. The van der Waals surface area contributed by atoms with E-state index in [1.165, 1.54) is 8.93 Å². The van der Waals surface area contributed by atoms with Crippen molar-refractivity contribution in [2.45, 2.75) is 13.8 Å². The van der Waals surface area contributed by atoms with Crippen LogP contribution in [-0.2, 0) is 4.74 Å². The molecule has 0 radical (unpaired) electrons. The zero-order valence-electron chi connectivity index (χ0n) is 10.2. The number of methoxy groups -OCH3 is 1. The summed E-state index contributed by atoms with van der Waals surface area (Å²) in [4.78, 5) is 4.14. The number of nitrogens with zero attached hydrogens (tertiary/aromatic N) is 1. The number of ether oxygens (including phenoxy) is 2. The minimum Gasteiger partial charge on any atom is -0.488 e. The summed E-state index contributed by atoms with van der Waals surface area (Å²) in [6, 6.07) is 3.68. The van der Waals surface area contributed by atoms with Crippen LogP contribution < -0.4 is 4.74 Å². The molecule has 0 spiro atoms. The summed E-state index contributed by atoms with van der Waals surface area (Å²) in [6.07, 6.45) is 1.70. The minimum atomic E-state index is 0.508. The normalized spacial score (nSPS) is 8.47. The van der Waals surface area contributed by atoms with Crippen LogP contribution in [-0.4, -0.2) is 25.3 Å². The molecule has 94 valence electrons. The van der Waals surface area contributed by atoms with E-state index in [2.05, 4.69) is 37.4 Å². The zero-order valence-corrected chi connectivity index (χ0v) is 13.2. The maximum atomic E-state index is 5.47. The van der Waals surface area contributed by atoms with E-state index in [0.717, 1.165) is 0 Å². The smallest absolute Gasteiger partial charge is 0.156 e. The summed E-state index contributed by atoms with van der Waals surface area (Å²) in [5.74, 6) is 3.62. The fourth-order valence-electron chi connectivity index (χ4n) is 0.903. The van der Waals surface area contributed by atoms with Crippen LogP contribution in [0.3, 0.4) is 0 Å². The molecule has 3 nitrogen and oxygen atoms in total. The molecule has 0 unspecified atom stereocenters. The van der Waals surface area contributed by atoms with Crippen molar-refractivity contribution >= 4 is 30.1 Å². The number of aromatic nitrogens is 1. The lowest BCUT2D eigenvalue weighted by Gasteiger charge is -2.05. The van der Waals surface area contributed by atoms with E-state index < -0.39 is 0 Å². The van der Waals surface area contributed by atoms with Gasteiger partial charge in [-0.15, -0.1) is 0 Å². The molecule has 5 heteroatoms. The lowest BCUT2D eigenvalue weighted by molar-refractivity contribution is 0.146. The van der Waals surface area contributed by atoms with Crippen LogP contribution in [0.25, 0.3) is 0 Å². The largest absolute Gasteiger partial charge is 0.488 e. The Hall–Kier alpha value is -0.450. The van der Waals surface area contributed by atoms with Gasteiger partial charge in [-0.3, -0.25) is 0 Å². The van der Waals surface area contributed by atoms with Crippen LogP contribution in [0.2, 0.25) is 0 Å². The van der Waals surface area contributed by atoms with Gasteiger partial charge in [0.1, 0.15) is 6.61 Å². The molecule has 1 heterocycles. The first kappa shape index (κ1) is 16.6. The van der Waals surface area contributed by atoms with E-state index in [-0.39, 0.29) is 0 Å². The second kappa shape index (κ2) is 12.0. The van der Waals surface area contributed by atoms with Gasteiger partial charge in [-0.1, -0.05) is 13.8 Å². The molecule has 0 aliphatic rings. The number of hydrogen-bond donors (Lipinski definition) is 0. The molecular formula is C12H16INO2S. The molecular weight excluding hydrogens is 349 g/mol. The van der Waals surface area contributed by atoms with Crippen LogP contribution in [0.1, 0.15) is 19.5 Å². The van der Waals surface area contributed by atoms with Crippen molar-refractivity contribution in [1.29, 1.82) is 0 Å². The molecule has 1 rings (SSSR count). The number of pyridine rings is 1. The third-order valence-corrected chi connectivity index (χ3v) is 2.36. The first-order valence-corrected chi connectivity index (χ1v) is 8.59. The van der Waals surface area contributed by atoms with Gasteiger partial charge in [-0.2, -0.15) is 0 Å². The van der Waals surface area contributed by atoms with Crippen molar-refractivity contribution in [3.63, 3.8) is 0 Å². The quantitative estimate of drug-likeness (QED) is 0.464. The maximum Gasteiger partial charge on any atom is 0.156 e. The fraction of sp³-hybridized carbons (Fsp3) is 0.417. The third kappa shape index (κ3) is 7.47. The third-order valence-electron chi connectivity index (χ3n) is 1.52. The Morgan fingerprint density at radius 2 is 2.18 bits per heavy atom. The minimum absolute atomic E-state index is 0.508. The van der Waals surface area contributed by atoms with Crippen molar-refractivity contribution in [3.8, 4) is 16.9 Å². The van der Waals surface area contributed by atoms with E-state index in [0.29, 0.717) is 24.7 Å². The van der Waals surface area contributed by atoms with Gasteiger partial charge in [0.05, 0.1) is 6.61 Å². The van der Waals surface area contributed by atoms with Gasteiger partial charge in [0.25, 0.3) is 0 Å². The molecule has 1 aromatic heterocycles. The zero-order chi connectivity index (χ0) is 12.9.